The van der Waals surface area contributed by atoms with E-state index in [9.17, 15) is 9.59 Å². The lowest BCUT2D eigenvalue weighted by atomic mass is 10.1. The Morgan fingerprint density at radius 2 is 1.60 bits per heavy atom. The SMILES string of the molecule is Cc1ccc(S[C@H](C)C(=O)NCC(=O)Nc2c(C)cccc2C)cc1. The standard InChI is InChI=1S/C20H24N2O2S/c1-13-8-10-17(11-9-13)25-16(4)20(24)21-12-18(23)22-19-14(2)6-5-7-15(19)3/h5-11,16H,12H2,1-4H3,(H,21,24)(H,22,23)/t16-/m1/s1. The van der Waals surface area contributed by atoms with Crippen LogP contribution < -0.4 is 10.6 Å². The molecule has 0 unspecified atom stereocenters. The van der Waals surface area contributed by atoms with Crippen molar-refractivity contribution in [1.82, 2.24) is 5.32 Å². The van der Waals surface area contributed by atoms with Gasteiger partial charge in [-0.25, -0.2) is 0 Å². The van der Waals surface area contributed by atoms with Crippen molar-refractivity contribution in [3.63, 3.8) is 0 Å². The molecule has 0 heterocycles. The van der Waals surface area contributed by atoms with Crippen LogP contribution in [0.25, 0.3) is 0 Å². The van der Waals surface area contributed by atoms with Crippen LogP contribution in [0.5, 0.6) is 0 Å². The predicted octanol–water partition coefficient (Wildman–Crippen LogP) is 3.85. The van der Waals surface area contributed by atoms with Crippen LogP contribution in [0.2, 0.25) is 0 Å². The zero-order valence-corrected chi connectivity index (χ0v) is 15.9. The predicted molar refractivity (Wildman–Crippen MR) is 104 cm³/mol. The van der Waals surface area contributed by atoms with E-state index >= 15 is 0 Å². The van der Waals surface area contributed by atoms with Crippen LogP contribution >= 0.6 is 11.8 Å². The van der Waals surface area contributed by atoms with Crippen molar-refractivity contribution in [2.75, 3.05) is 11.9 Å². The van der Waals surface area contributed by atoms with E-state index in [0.29, 0.717) is 0 Å². The molecule has 5 heteroatoms. The van der Waals surface area contributed by atoms with Crippen molar-refractivity contribution in [3.8, 4) is 0 Å². The number of rotatable bonds is 6. The Kier molecular flexibility index (Phi) is 6.65. The number of amides is 2. The molecule has 25 heavy (non-hydrogen) atoms. The molecule has 0 aliphatic rings. The summed E-state index contributed by atoms with van der Waals surface area (Å²) in [6, 6.07) is 13.9. The minimum absolute atomic E-state index is 0.0363. The molecule has 2 N–H and O–H groups in total. The van der Waals surface area contributed by atoms with E-state index in [-0.39, 0.29) is 23.6 Å². The van der Waals surface area contributed by atoms with Gasteiger partial charge in [-0.3, -0.25) is 9.59 Å². The summed E-state index contributed by atoms with van der Waals surface area (Å²) in [5.41, 5.74) is 4.00. The van der Waals surface area contributed by atoms with Gasteiger partial charge in [0.1, 0.15) is 0 Å². The Bertz CT molecular complexity index is 737. The summed E-state index contributed by atoms with van der Waals surface area (Å²) in [5, 5.41) is 5.30. The maximum absolute atomic E-state index is 12.2. The Hall–Kier alpha value is -2.27. The van der Waals surface area contributed by atoms with Gasteiger partial charge in [-0.1, -0.05) is 35.9 Å². The second-order valence-corrected chi connectivity index (χ2v) is 7.52. The first-order valence-electron chi connectivity index (χ1n) is 8.24. The van der Waals surface area contributed by atoms with E-state index in [0.717, 1.165) is 21.7 Å². The zero-order chi connectivity index (χ0) is 18.4. The third-order valence-electron chi connectivity index (χ3n) is 3.87. The molecular formula is C20H24N2O2S. The van der Waals surface area contributed by atoms with E-state index < -0.39 is 0 Å². The number of nitrogens with one attached hydrogen (secondary N) is 2. The second kappa shape index (κ2) is 8.72. The Balaban J connectivity index is 1.84. The molecule has 0 saturated carbocycles. The number of anilines is 1. The normalized spacial score (nSPS) is 11.7. The number of carbonyl (C=O) groups is 2. The summed E-state index contributed by atoms with van der Waals surface area (Å²) in [4.78, 5) is 25.3. The lowest BCUT2D eigenvalue weighted by Gasteiger charge is -2.14. The Morgan fingerprint density at radius 3 is 2.20 bits per heavy atom. The summed E-state index contributed by atoms with van der Waals surface area (Å²) < 4.78 is 0. The molecule has 2 aromatic carbocycles. The van der Waals surface area contributed by atoms with E-state index in [2.05, 4.69) is 10.6 Å². The van der Waals surface area contributed by atoms with Crippen LogP contribution in [0.15, 0.2) is 47.4 Å². The highest BCUT2D eigenvalue weighted by atomic mass is 32.2. The molecule has 132 valence electrons. The van der Waals surface area contributed by atoms with Crippen LogP contribution in [0, 0.1) is 20.8 Å². The molecule has 2 aromatic rings. The molecule has 2 amide bonds. The van der Waals surface area contributed by atoms with Crippen LogP contribution in [0.4, 0.5) is 5.69 Å². The molecular weight excluding hydrogens is 332 g/mol. The van der Waals surface area contributed by atoms with Gasteiger partial charge in [0.2, 0.25) is 11.8 Å². The van der Waals surface area contributed by atoms with Gasteiger partial charge in [-0.05, 0) is 51.0 Å². The van der Waals surface area contributed by atoms with Crippen molar-refractivity contribution >= 4 is 29.3 Å². The average molecular weight is 356 g/mol. The zero-order valence-electron chi connectivity index (χ0n) is 15.1. The van der Waals surface area contributed by atoms with Crippen LogP contribution in [-0.2, 0) is 9.59 Å². The first kappa shape index (κ1) is 19.1. The van der Waals surface area contributed by atoms with Gasteiger partial charge in [0.05, 0.1) is 11.8 Å². The second-order valence-electron chi connectivity index (χ2n) is 6.11. The first-order chi connectivity index (χ1) is 11.9. The number of hydrogen-bond acceptors (Lipinski definition) is 3. The van der Waals surface area contributed by atoms with Crippen molar-refractivity contribution in [1.29, 1.82) is 0 Å². The Morgan fingerprint density at radius 1 is 1.00 bits per heavy atom. The summed E-state index contributed by atoms with van der Waals surface area (Å²) in [6.45, 7) is 7.72. The molecule has 0 bridgehead atoms. The fourth-order valence-corrected chi connectivity index (χ4v) is 3.27. The van der Waals surface area contributed by atoms with E-state index in [4.69, 9.17) is 0 Å². The molecule has 0 aliphatic heterocycles. The first-order valence-corrected chi connectivity index (χ1v) is 9.12. The molecule has 0 aliphatic carbocycles. The molecule has 0 fully saturated rings. The van der Waals surface area contributed by atoms with E-state index in [1.54, 1.807) is 0 Å². The summed E-state index contributed by atoms with van der Waals surface area (Å²) in [5.74, 6) is -0.375. The molecule has 0 saturated heterocycles. The molecule has 0 spiro atoms. The minimum atomic E-state index is -0.268. The third-order valence-corrected chi connectivity index (χ3v) is 4.98. The molecule has 4 nitrogen and oxygen atoms in total. The maximum atomic E-state index is 12.2. The van der Waals surface area contributed by atoms with Gasteiger partial charge in [0.25, 0.3) is 0 Å². The average Bonchev–Trinajstić information content (AvgIpc) is 2.58. The highest BCUT2D eigenvalue weighted by Gasteiger charge is 2.15. The van der Waals surface area contributed by atoms with Crippen molar-refractivity contribution in [2.24, 2.45) is 0 Å². The molecule has 0 aromatic heterocycles. The summed E-state index contributed by atoms with van der Waals surface area (Å²) in [6.07, 6.45) is 0. The van der Waals surface area contributed by atoms with E-state index in [1.165, 1.54) is 17.3 Å². The fourth-order valence-electron chi connectivity index (χ4n) is 2.38. The third kappa shape index (κ3) is 5.64. The van der Waals surface area contributed by atoms with Crippen molar-refractivity contribution < 1.29 is 9.59 Å². The van der Waals surface area contributed by atoms with Gasteiger partial charge in [0.15, 0.2) is 0 Å². The van der Waals surface area contributed by atoms with Gasteiger partial charge in [-0.15, -0.1) is 11.8 Å². The quantitative estimate of drug-likeness (QED) is 0.773. The summed E-state index contributed by atoms with van der Waals surface area (Å²) >= 11 is 1.48. The Labute approximate surface area is 153 Å². The minimum Gasteiger partial charge on any atom is -0.346 e. The largest absolute Gasteiger partial charge is 0.346 e. The highest BCUT2D eigenvalue weighted by molar-refractivity contribution is 8.00. The number of carbonyl (C=O) groups excluding carboxylic acids is 2. The lowest BCUT2D eigenvalue weighted by molar-refractivity contribution is -0.123. The smallest absolute Gasteiger partial charge is 0.243 e. The number of hydrogen-bond donors (Lipinski definition) is 2. The van der Waals surface area contributed by atoms with E-state index in [1.807, 2.05) is 70.2 Å². The maximum Gasteiger partial charge on any atom is 0.243 e. The van der Waals surface area contributed by atoms with Crippen LogP contribution in [-0.4, -0.2) is 23.6 Å². The molecule has 2 rings (SSSR count). The van der Waals surface area contributed by atoms with Gasteiger partial charge >= 0.3 is 0 Å². The van der Waals surface area contributed by atoms with Gasteiger partial charge < -0.3 is 10.6 Å². The van der Waals surface area contributed by atoms with Gasteiger partial charge in [0, 0.05) is 10.6 Å². The van der Waals surface area contributed by atoms with Crippen molar-refractivity contribution in [3.05, 3.63) is 59.2 Å². The molecule has 0 radical (unpaired) electrons. The van der Waals surface area contributed by atoms with Crippen molar-refractivity contribution in [2.45, 2.75) is 37.8 Å². The van der Waals surface area contributed by atoms with Crippen LogP contribution in [0.3, 0.4) is 0 Å². The lowest BCUT2D eigenvalue weighted by Crippen LogP contribution is -2.37. The fraction of sp³-hybridized carbons (Fsp3) is 0.300. The number of para-hydroxylation sites is 1. The highest BCUT2D eigenvalue weighted by Crippen LogP contribution is 2.23. The number of thioether (sulfide) groups is 1. The topological polar surface area (TPSA) is 58.2 Å². The summed E-state index contributed by atoms with van der Waals surface area (Å²) in [7, 11) is 0. The van der Waals surface area contributed by atoms with Gasteiger partial charge in [-0.2, -0.15) is 0 Å². The monoisotopic (exact) mass is 356 g/mol. The number of aryl methyl sites for hydroxylation is 3. The van der Waals surface area contributed by atoms with Crippen LogP contribution in [0.1, 0.15) is 23.6 Å². The molecule has 1 atom stereocenters. The number of benzene rings is 2.